The van der Waals surface area contributed by atoms with Crippen molar-refractivity contribution in [2.45, 2.75) is 38.1 Å². The molecule has 0 saturated carbocycles. The molecule has 0 bridgehead atoms. The van der Waals surface area contributed by atoms with Crippen molar-refractivity contribution >= 4 is 17.8 Å². The van der Waals surface area contributed by atoms with Crippen LogP contribution >= 0.6 is 0 Å². The van der Waals surface area contributed by atoms with Gasteiger partial charge in [-0.3, -0.25) is 14.5 Å². The number of alkyl halides is 3. The number of nitrogens with one attached hydrogen (secondary N) is 2. The molecule has 10 heteroatoms. The van der Waals surface area contributed by atoms with Crippen LogP contribution in [0, 0.1) is 0 Å². The highest BCUT2D eigenvalue weighted by Crippen LogP contribution is 2.19. The number of carbonyl (C=O) groups excluding carboxylic acids is 3. The van der Waals surface area contributed by atoms with E-state index in [9.17, 15) is 27.6 Å². The molecule has 0 spiro atoms. The molecule has 1 aliphatic rings. The summed E-state index contributed by atoms with van der Waals surface area (Å²) in [5.41, 5.74) is -1.07. The Kier molecular flexibility index (Phi) is 4.82. The minimum atomic E-state index is -4.82. The van der Waals surface area contributed by atoms with Gasteiger partial charge in [-0.05, 0) is 13.8 Å². The third kappa shape index (κ3) is 4.31. The number of rotatable bonds is 5. The van der Waals surface area contributed by atoms with E-state index >= 15 is 0 Å². The SMILES string of the molecule is CC1(C)NC(=O)N(CCC(=O)NCC(O)C(F)(F)F)C1=O. The van der Waals surface area contributed by atoms with Crippen LogP contribution in [0.25, 0.3) is 0 Å². The Labute approximate surface area is 118 Å². The maximum absolute atomic E-state index is 12.0. The molecule has 1 fully saturated rings. The standard InChI is InChI=1S/C11H16F3N3O4/c1-10(2)8(20)17(9(21)16-10)4-3-7(19)15-5-6(18)11(12,13)14/h6,18H,3-5H2,1-2H3,(H,15,19)(H,16,21). The van der Waals surface area contributed by atoms with E-state index < -0.39 is 42.2 Å². The molecule has 7 nitrogen and oxygen atoms in total. The predicted octanol–water partition coefficient (Wildman–Crippen LogP) is -0.254. The van der Waals surface area contributed by atoms with Gasteiger partial charge in [0.25, 0.3) is 5.91 Å². The van der Waals surface area contributed by atoms with Crippen molar-refractivity contribution in [3.63, 3.8) is 0 Å². The molecule has 1 rings (SSSR count). The third-order valence-corrected chi connectivity index (χ3v) is 2.88. The molecule has 1 saturated heterocycles. The van der Waals surface area contributed by atoms with Crippen LogP contribution in [-0.4, -0.2) is 58.8 Å². The molecular formula is C11H16F3N3O4. The van der Waals surface area contributed by atoms with Crippen LogP contribution in [0.15, 0.2) is 0 Å². The van der Waals surface area contributed by atoms with Gasteiger partial charge in [-0.25, -0.2) is 4.79 Å². The Morgan fingerprint density at radius 1 is 1.43 bits per heavy atom. The van der Waals surface area contributed by atoms with Gasteiger partial charge in [0, 0.05) is 13.0 Å². The van der Waals surface area contributed by atoms with Crippen molar-refractivity contribution in [2.24, 2.45) is 0 Å². The van der Waals surface area contributed by atoms with Crippen molar-refractivity contribution in [1.82, 2.24) is 15.5 Å². The van der Waals surface area contributed by atoms with Crippen LogP contribution in [0.5, 0.6) is 0 Å². The van der Waals surface area contributed by atoms with Gasteiger partial charge in [-0.15, -0.1) is 0 Å². The Hall–Kier alpha value is -1.84. The highest BCUT2D eigenvalue weighted by atomic mass is 19.4. The minimum absolute atomic E-state index is 0.248. The van der Waals surface area contributed by atoms with Crippen LogP contribution in [-0.2, 0) is 9.59 Å². The number of imide groups is 1. The molecule has 1 heterocycles. The summed E-state index contributed by atoms with van der Waals surface area (Å²) in [6.45, 7) is 1.76. The molecule has 4 amide bonds. The monoisotopic (exact) mass is 311 g/mol. The van der Waals surface area contributed by atoms with Crippen molar-refractivity contribution in [1.29, 1.82) is 0 Å². The van der Waals surface area contributed by atoms with Gasteiger partial charge in [0.15, 0.2) is 6.10 Å². The van der Waals surface area contributed by atoms with Gasteiger partial charge >= 0.3 is 12.2 Å². The van der Waals surface area contributed by atoms with E-state index in [2.05, 4.69) is 5.32 Å². The maximum atomic E-state index is 12.0. The highest BCUT2D eigenvalue weighted by Gasteiger charge is 2.44. The van der Waals surface area contributed by atoms with E-state index in [1.54, 1.807) is 0 Å². The van der Waals surface area contributed by atoms with E-state index in [1.165, 1.54) is 13.8 Å². The van der Waals surface area contributed by atoms with Gasteiger partial charge in [0.2, 0.25) is 5.91 Å². The summed E-state index contributed by atoms with van der Waals surface area (Å²) >= 11 is 0. The molecule has 3 N–H and O–H groups in total. The quantitative estimate of drug-likeness (QED) is 0.610. The summed E-state index contributed by atoms with van der Waals surface area (Å²) in [6.07, 6.45) is -7.82. The smallest absolute Gasteiger partial charge is 0.382 e. The predicted molar refractivity (Wildman–Crippen MR) is 64.0 cm³/mol. The number of urea groups is 1. The number of halogens is 3. The average molecular weight is 311 g/mol. The van der Waals surface area contributed by atoms with E-state index in [4.69, 9.17) is 5.11 Å². The first-order valence-electron chi connectivity index (χ1n) is 6.10. The van der Waals surface area contributed by atoms with Crippen LogP contribution in [0.3, 0.4) is 0 Å². The number of carbonyl (C=O) groups is 3. The molecule has 0 radical (unpaired) electrons. The van der Waals surface area contributed by atoms with Gasteiger partial charge in [-0.2, -0.15) is 13.2 Å². The Bertz CT molecular complexity index is 450. The first kappa shape index (κ1) is 17.2. The number of aliphatic hydroxyl groups is 1. The van der Waals surface area contributed by atoms with Crippen molar-refractivity contribution in [2.75, 3.05) is 13.1 Å². The van der Waals surface area contributed by atoms with Crippen molar-refractivity contribution in [3.8, 4) is 0 Å². The molecule has 21 heavy (non-hydrogen) atoms. The van der Waals surface area contributed by atoms with Gasteiger partial charge in [-0.1, -0.05) is 0 Å². The fourth-order valence-electron chi connectivity index (χ4n) is 1.65. The van der Waals surface area contributed by atoms with E-state index in [1.807, 2.05) is 5.32 Å². The molecule has 0 aromatic heterocycles. The minimum Gasteiger partial charge on any atom is -0.382 e. The maximum Gasteiger partial charge on any atom is 0.416 e. The fraction of sp³-hybridized carbons (Fsp3) is 0.727. The third-order valence-electron chi connectivity index (χ3n) is 2.88. The first-order chi connectivity index (χ1) is 9.45. The van der Waals surface area contributed by atoms with Gasteiger partial charge in [0.05, 0.1) is 6.54 Å². The largest absolute Gasteiger partial charge is 0.416 e. The summed E-state index contributed by atoms with van der Waals surface area (Å²) in [4.78, 5) is 35.4. The topological polar surface area (TPSA) is 98.7 Å². The summed E-state index contributed by atoms with van der Waals surface area (Å²) in [5, 5.41) is 13.0. The van der Waals surface area contributed by atoms with E-state index in [0.29, 0.717) is 0 Å². The van der Waals surface area contributed by atoms with Gasteiger partial charge < -0.3 is 15.7 Å². The molecule has 120 valence electrons. The zero-order valence-electron chi connectivity index (χ0n) is 11.5. The molecule has 1 atom stereocenters. The molecule has 1 aliphatic heterocycles. The Balaban J connectivity index is 2.41. The Morgan fingerprint density at radius 2 is 2.00 bits per heavy atom. The van der Waals surface area contributed by atoms with Crippen LogP contribution < -0.4 is 10.6 Å². The average Bonchev–Trinajstić information content (AvgIpc) is 2.52. The normalized spacial score (nSPS) is 19.4. The lowest BCUT2D eigenvalue weighted by molar-refractivity contribution is -0.201. The molecule has 0 aromatic carbocycles. The zero-order valence-corrected chi connectivity index (χ0v) is 11.5. The second kappa shape index (κ2) is 5.88. The molecule has 0 aromatic rings. The summed E-state index contributed by atoms with van der Waals surface area (Å²) < 4.78 is 36.0. The number of amides is 4. The second-order valence-electron chi connectivity index (χ2n) is 5.12. The van der Waals surface area contributed by atoms with Crippen molar-refractivity contribution < 1.29 is 32.7 Å². The van der Waals surface area contributed by atoms with Crippen molar-refractivity contribution in [3.05, 3.63) is 0 Å². The summed E-state index contributed by atoms with van der Waals surface area (Å²) in [7, 11) is 0. The zero-order chi connectivity index (χ0) is 16.4. The Morgan fingerprint density at radius 3 is 2.43 bits per heavy atom. The number of hydrogen-bond acceptors (Lipinski definition) is 4. The van der Waals surface area contributed by atoms with Gasteiger partial charge in [0.1, 0.15) is 5.54 Å². The highest BCUT2D eigenvalue weighted by molar-refractivity contribution is 6.06. The number of hydrogen-bond donors (Lipinski definition) is 3. The molecular weight excluding hydrogens is 295 g/mol. The van der Waals surface area contributed by atoms with Crippen LogP contribution in [0.4, 0.5) is 18.0 Å². The summed E-state index contributed by atoms with van der Waals surface area (Å²) in [6, 6.07) is -0.659. The second-order valence-corrected chi connectivity index (χ2v) is 5.12. The lowest BCUT2D eigenvalue weighted by Gasteiger charge is -2.17. The molecule has 0 aliphatic carbocycles. The number of aliphatic hydroxyl groups excluding tert-OH is 1. The lowest BCUT2D eigenvalue weighted by Crippen LogP contribution is -2.42. The lowest BCUT2D eigenvalue weighted by atomic mass is 10.1. The van der Waals surface area contributed by atoms with Crippen LogP contribution in [0.1, 0.15) is 20.3 Å². The summed E-state index contributed by atoms with van der Waals surface area (Å²) in [5.74, 6) is -1.32. The first-order valence-corrected chi connectivity index (χ1v) is 6.10. The fourth-order valence-corrected chi connectivity index (χ4v) is 1.65. The number of nitrogens with zero attached hydrogens (tertiary/aromatic N) is 1. The van der Waals surface area contributed by atoms with E-state index in [-0.39, 0.29) is 13.0 Å². The van der Waals surface area contributed by atoms with E-state index in [0.717, 1.165) is 4.90 Å². The van der Waals surface area contributed by atoms with Crippen LogP contribution in [0.2, 0.25) is 0 Å². The molecule has 1 unspecified atom stereocenters.